The molecule has 0 unspecified atom stereocenters. The monoisotopic (exact) mass is 1970 g/mol. The summed E-state index contributed by atoms with van der Waals surface area (Å²) in [5.41, 5.74) is 29.8. The Morgan fingerprint density at radius 1 is 0.153 bits per heavy atom. The van der Waals surface area contributed by atoms with Gasteiger partial charge in [0.15, 0.2) is 51.7 Å². The zero-order valence-electron chi connectivity index (χ0n) is 79.8. The second kappa shape index (κ2) is 37.6. The molecule has 0 spiro atoms. The molecule has 0 radical (unpaired) electrons. The van der Waals surface area contributed by atoms with Crippen LogP contribution in [0, 0.1) is 0 Å². The van der Waals surface area contributed by atoms with Gasteiger partial charge in [-0.15, -0.1) is 34.0 Å². The molecular formula is C132H78N12O3S3. The fraction of sp³-hybridized carbons (Fsp3) is 0. The van der Waals surface area contributed by atoms with Gasteiger partial charge in [0.1, 0.15) is 50.4 Å². The molecule has 150 heavy (non-hydrogen) atoms. The fourth-order valence-electron chi connectivity index (χ4n) is 20.1. The summed E-state index contributed by atoms with van der Waals surface area (Å²) in [6, 6.07) is 162. The van der Waals surface area contributed by atoms with Gasteiger partial charge in [-0.05, 0) is 103 Å². The molecular weight excluding hydrogens is 1900 g/mol. The van der Waals surface area contributed by atoms with Crippen LogP contribution in [0.5, 0.6) is 0 Å². The van der Waals surface area contributed by atoms with Gasteiger partial charge >= 0.3 is 0 Å². The van der Waals surface area contributed by atoms with Crippen LogP contribution < -0.4 is 0 Å². The van der Waals surface area contributed by atoms with Crippen LogP contribution in [-0.2, 0) is 0 Å². The highest BCUT2D eigenvalue weighted by Gasteiger charge is 2.27. The Labute approximate surface area is 870 Å². The number of para-hydroxylation sites is 3. The van der Waals surface area contributed by atoms with Crippen LogP contribution in [-0.4, -0.2) is 59.8 Å². The lowest BCUT2D eigenvalue weighted by molar-refractivity contribution is 0.667. The first kappa shape index (κ1) is 88.2. The first-order valence-electron chi connectivity index (χ1n) is 49.4. The van der Waals surface area contributed by atoms with Crippen molar-refractivity contribution in [2.24, 2.45) is 0 Å². The highest BCUT2D eigenvalue weighted by Crippen LogP contribution is 2.49. The molecule has 0 saturated heterocycles. The van der Waals surface area contributed by atoms with E-state index in [-0.39, 0.29) is 0 Å². The maximum absolute atomic E-state index is 6.37. The average molecular weight is 1980 g/mol. The van der Waals surface area contributed by atoms with Gasteiger partial charge in [-0.2, -0.15) is 0 Å². The Kier molecular flexibility index (Phi) is 22.1. The molecule has 15 nitrogen and oxygen atoms in total. The fourth-order valence-corrected chi connectivity index (χ4v) is 23.6. The lowest BCUT2D eigenvalue weighted by atomic mass is 10.0. The van der Waals surface area contributed by atoms with Crippen LogP contribution in [0.4, 0.5) is 0 Å². The van der Waals surface area contributed by atoms with E-state index in [9.17, 15) is 0 Å². The topological polar surface area (TPSA) is 194 Å². The molecule has 0 aliphatic carbocycles. The van der Waals surface area contributed by atoms with Gasteiger partial charge in [-0.3, -0.25) is 0 Å². The summed E-state index contributed by atoms with van der Waals surface area (Å²) in [5.74, 6) is 4.14. The Morgan fingerprint density at radius 3 is 0.880 bits per heavy atom. The minimum absolute atomic E-state index is 0.672. The van der Waals surface area contributed by atoms with E-state index in [1.165, 1.54) is 39.7 Å². The highest BCUT2D eigenvalue weighted by atomic mass is 32.1. The summed E-state index contributed by atoms with van der Waals surface area (Å²) in [4.78, 5) is 61.1. The number of benzene rings is 18. The molecule has 30 rings (SSSR count). The van der Waals surface area contributed by atoms with E-state index in [1.54, 1.807) is 34.0 Å². The average Bonchev–Trinajstić information content (AvgIpc) is 1.59. The third-order valence-electron chi connectivity index (χ3n) is 27.4. The number of furan rings is 3. The lowest BCUT2D eigenvalue weighted by Gasteiger charge is -2.10. The van der Waals surface area contributed by atoms with Crippen molar-refractivity contribution in [2.45, 2.75) is 0 Å². The van der Waals surface area contributed by atoms with Gasteiger partial charge in [0.05, 0.1) is 34.2 Å². The number of fused-ring (bicyclic) bond motifs is 18. The van der Waals surface area contributed by atoms with Crippen LogP contribution in [0.2, 0.25) is 0 Å². The van der Waals surface area contributed by atoms with Crippen LogP contribution in [0.25, 0.3) is 296 Å². The molecule has 0 aliphatic heterocycles. The van der Waals surface area contributed by atoms with E-state index in [2.05, 4.69) is 255 Å². The predicted octanol–water partition coefficient (Wildman–Crippen LogP) is 35.6. The Balaban J connectivity index is 0.000000108. The maximum Gasteiger partial charge on any atom is 0.180 e. The molecule has 0 bridgehead atoms. The molecule has 0 fully saturated rings. The normalized spacial score (nSPS) is 11.6. The van der Waals surface area contributed by atoms with Crippen LogP contribution in [0.1, 0.15) is 0 Å². The van der Waals surface area contributed by atoms with E-state index >= 15 is 0 Å². The van der Waals surface area contributed by atoms with Gasteiger partial charge in [-0.1, -0.05) is 370 Å². The zero-order chi connectivity index (χ0) is 99.1. The van der Waals surface area contributed by atoms with Gasteiger partial charge < -0.3 is 13.3 Å². The van der Waals surface area contributed by atoms with Crippen LogP contribution >= 0.6 is 34.0 Å². The number of thiophene rings is 3. The summed E-state index contributed by atoms with van der Waals surface area (Å²) < 4.78 is 26.1. The van der Waals surface area contributed by atoms with Crippen molar-refractivity contribution in [3.05, 3.63) is 473 Å². The first-order chi connectivity index (χ1) is 74.3. The quantitative estimate of drug-likeness (QED) is 0.0940. The van der Waals surface area contributed by atoms with E-state index in [1.807, 2.05) is 218 Å². The van der Waals surface area contributed by atoms with Crippen LogP contribution in [0.3, 0.4) is 0 Å². The third-order valence-corrected chi connectivity index (χ3v) is 30.8. The molecule has 30 aromatic rings. The van der Waals surface area contributed by atoms with Gasteiger partial charge in [-0.25, -0.2) is 59.8 Å². The Morgan fingerprint density at radius 2 is 0.447 bits per heavy atom. The van der Waals surface area contributed by atoms with E-state index < -0.39 is 0 Å². The van der Waals surface area contributed by atoms with Gasteiger partial charge in [0.2, 0.25) is 0 Å². The van der Waals surface area contributed by atoms with Crippen molar-refractivity contribution in [2.75, 3.05) is 0 Å². The number of hydrogen-bond acceptors (Lipinski definition) is 18. The first-order valence-corrected chi connectivity index (χ1v) is 51.9. The number of rotatable bonds is 15. The van der Waals surface area contributed by atoms with E-state index in [4.69, 9.17) is 73.1 Å². The largest absolute Gasteiger partial charge is 0.452 e. The molecule has 12 aromatic heterocycles. The van der Waals surface area contributed by atoms with E-state index in [0.717, 1.165) is 205 Å². The second-order valence-electron chi connectivity index (χ2n) is 36.7. The minimum atomic E-state index is 0.672. The number of nitrogens with zero attached hydrogens (tertiary/aromatic N) is 12. The summed E-state index contributed by atoms with van der Waals surface area (Å²) in [5, 5.41) is 9.95. The zero-order valence-corrected chi connectivity index (χ0v) is 82.3. The van der Waals surface area contributed by atoms with Crippen molar-refractivity contribution in [3.8, 4) is 170 Å². The Bertz CT molecular complexity index is 10300. The molecule has 0 N–H and O–H groups in total. The molecule has 702 valence electrons. The molecule has 0 aliphatic rings. The SMILES string of the molecule is c1ccc(-c2cc(-c3ccc4c(c3)sc3cccc(-c5nc(-c6ccccc6)c6oc7ccccc7c6n5)c34)nc(-c3ccccc3)n2)cc1.c1ccc(-c2cc(-c3ccc4sc5c(-c6nc(-c7ccccc7)c7oc8ccccc8c7n6)cccc5c4c3)nc(-c3ccccc3)n2)cc1.c1ccc(-c2cc(-c3ccc4sc5cc(-c6nc(-c7ccccc7)c7oc8ccccc8c7n6)ccc5c4c3)nc(-c3ccccc3)n2)cc1. The smallest absolute Gasteiger partial charge is 0.180 e. The molecule has 0 saturated carbocycles. The van der Waals surface area contributed by atoms with Crippen molar-refractivity contribution in [1.82, 2.24) is 59.8 Å². The maximum atomic E-state index is 6.37. The number of hydrogen-bond donors (Lipinski definition) is 0. The molecule has 0 atom stereocenters. The van der Waals surface area contributed by atoms with Crippen molar-refractivity contribution >= 4 is 161 Å². The van der Waals surface area contributed by atoms with Gasteiger partial charge in [0, 0.05) is 160 Å². The second-order valence-corrected chi connectivity index (χ2v) is 39.9. The minimum Gasteiger partial charge on any atom is -0.452 e. The standard InChI is InChI=1S/3C44H26N4OS/c1-4-13-27(14-5-1)35-26-36(46-43(45-35)29-17-8-3-9-18-29)30-23-24-38-34(25-30)31-20-12-21-33(42(31)50-38)44-47-39(28-15-6-2-7-16-28)41-40(48-44)32-19-10-11-22-37(32)49-41;1-4-13-27(14-5-1)34-26-35(46-43(45-34)29-17-8-3-9-18-29)30-23-24-32-38(25-30)50-37-22-12-20-33(39(32)37)44-47-40(28-15-6-2-7-16-28)42-41(48-44)31-19-10-11-21-36(31)49-42;1-4-12-27(13-5-1)35-26-36(46-43(45-35)29-16-8-3-9-17-29)30-21-23-38-34(24-30)32-22-20-31(25-39(32)50-38)44-47-40(28-14-6-2-7-15-28)42-41(48-44)33-18-10-11-19-37(33)49-42/h3*1-26H. The van der Waals surface area contributed by atoms with Crippen molar-refractivity contribution in [1.29, 1.82) is 0 Å². The van der Waals surface area contributed by atoms with E-state index in [0.29, 0.717) is 51.7 Å². The summed E-state index contributed by atoms with van der Waals surface area (Å²) in [7, 11) is 0. The van der Waals surface area contributed by atoms with Crippen molar-refractivity contribution in [3.63, 3.8) is 0 Å². The lowest BCUT2D eigenvalue weighted by Crippen LogP contribution is -1.95. The molecule has 18 heteroatoms. The highest BCUT2D eigenvalue weighted by molar-refractivity contribution is 7.27. The molecule has 18 aromatic carbocycles. The third kappa shape index (κ3) is 16.3. The molecule has 12 heterocycles. The summed E-state index contributed by atoms with van der Waals surface area (Å²) in [6.45, 7) is 0. The number of aromatic nitrogens is 12. The Hall–Kier alpha value is -19.5. The summed E-state index contributed by atoms with van der Waals surface area (Å²) in [6.07, 6.45) is 0. The van der Waals surface area contributed by atoms with Gasteiger partial charge in [0.25, 0.3) is 0 Å². The molecule has 0 amide bonds. The van der Waals surface area contributed by atoms with Crippen LogP contribution in [0.15, 0.2) is 486 Å². The predicted molar refractivity (Wildman–Crippen MR) is 615 cm³/mol. The van der Waals surface area contributed by atoms with Crippen molar-refractivity contribution < 1.29 is 13.3 Å². The summed E-state index contributed by atoms with van der Waals surface area (Å²) >= 11 is 5.31.